The lowest BCUT2D eigenvalue weighted by Crippen LogP contribution is -2.08. The first-order valence-electron chi connectivity index (χ1n) is 4.54. The monoisotopic (exact) mass is 359 g/mol. The van der Waals surface area contributed by atoms with Crippen LogP contribution in [0, 0.1) is 0 Å². The van der Waals surface area contributed by atoms with Gasteiger partial charge in [0.25, 0.3) is 5.56 Å². The van der Waals surface area contributed by atoms with Crippen LogP contribution in [-0.2, 0) is 0 Å². The maximum atomic E-state index is 11.3. The molecule has 0 fully saturated rings. The number of halogens is 2. The van der Waals surface area contributed by atoms with Crippen molar-refractivity contribution in [2.75, 3.05) is 5.73 Å². The first-order valence-corrected chi connectivity index (χ1v) is 6.13. The lowest BCUT2D eigenvalue weighted by Gasteiger charge is -2.08. The van der Waals surface area contributed by atoms with Crippen molar-refractivity contribution in [2.24, 2.45) is 0 Å². The van der Waals surface area contributed by atoms with Gasteiger partial charge in [-0.05, 0) is 44.0 Å². The highest BCUT2D eigenvalue weighted by atomic mass is 79.9. The molecule has 0 amide bonds. The molecule has 5 nitrogen and oxygen atoms in total. The van der Waals surface area contributed by atoms with Gasteiger partial charge in [0.05, 0.1) is 10.8 Å². The molecule has 3 N–H and O–H groups in total. The van der Waals surface area contributed by atoms with Crippen molar-refractivity contribution >= 4 is 37.5 Å². The van der Waals surface area contributed by atoms with Gasteiger partial charge in [0.2, 0.25) is 5.88 Å². The van der Waals surface area contributed by atoms with E-state index in [1.807, 2.05) is 0 Å². The molecule has 17 heavy (non-hydrogen) atoms. The summed E-state index contributed by atoms with van der Waals surface area (Å²) in [7, 11) is 0. The second-order valence-corrected chi connectivity index (χ2v) is 4.70. The molecule has 0 atom stereocenters. The quantitative estimate of drug-likeness (QED) is 0.807. The van der Waals surface area contributed by atoms with Crippen molar-refractivity contribution in [1.29, 1.82) is 0 Å². The average molecular weight is 361 g/mol. The third kappa shape index (κ3) is 2.50. The molecule has 1 aromatic carbocycles. The Bertz CT molecular complexity index is 613. The summed E-state index contributed by atoms with van der Waals surface area (Å²) in [6, 6.07) is 5.20. The minimum atomic E-state index is -0.310. The van der Waals surface area contributed by atoms with Crippen LogP contribution in [0.2, 0.25) is 0 Å². The van der Waals surface area contributed by atoms with Crippen LogP contribution in [0.1, 0.15) is 0 Å². The van der Waals surface area contributed by atoms with Crippen LogP contribution < -0.4 is 16.0 Å². The third-order valence-electron chi connectivity index (χ3n) is 1.96. The molecular weight excluding hydrogens is 354 g/mol. The topological polar surface area (TPSA) is 81.0 Å². The normalized spacial score (nSPS) is 10.2. The number of nitrogens with zero attached hydrogens (tertiary/aromatic N) is 1. The highest BCUT2D eigenvalue weighted by Gasteiger charge is 2.10. The fourth-order valence-corrected chi connectivity index (χ4v) is 1.79. The fourth-order valence-electron chi connectivity index (χ4n) is 1.15. The summed E-state index contributed by atoms with van der Waals surface area (Å²) in [5.74, 6) is 0.670. The third-order valence-corrected chi connectivity index (χ3v) is 3.51. The van der Waals surface area contributed by atoms with Crippen molar-refractivity contribution in [3.8, 4) is 11.6 Å². The fraction of sp³-hybridized carbons (Fsp3) is 0. The molecule has 0 saturated carbocycles. The Labute approximate surface area is 113 Å². The lowest BCUT2D eigenvalue weighted by atomic mass is 10.3. The second kappa shape index (κ2) is 4.89. The summed E-state index contributed by atoms with van der Waals surface area (Å²) in [5.41, 5.74) is 5.95. The van der Waals surface area contributed by atoms with E-state index in [0.29, 0.717) is 15.9 Å². The summed E-state index contributed by atoms with van der Waals surface area (Å²) in [4.78, 5) is 17.7. The Balaban J connectivity index is 2.42. The highest BCUT2D eigenvalue weighted by molar-refractivity contribution is 9.11. The average Bonchev–Trinajstić information content (AvgIpc) is 2.31. The van der Waals surface area contributed by atoms with E-state index in [4.69, 9.17) is 10.5 Å². The first kappa shape index (κ1) is 12.1. The number of rotatable bonds is 2. The molecule has 0 unspecified atom stereocenters. The summed E-state index contributed by atoms with van der Waals surface area (Å²) in [5, 5.41) is 0. The molecular formula is C10H7Br2N3O2. The highest BCUT2D eigenvalue weighted by Crippen LogP contribution is 2.34. The number of hydrogen-bond acceptors (Lipinski definition) is 4. The van der Waals surface area contributed by atoms with Crippen LogP contribution in [0.5, 0.6) is 11.6 Å². The lowest BCUT2D eigenvalue weighted by molar-refractivity contribution is 0.454. The largest absolute Gasteiger partial charge is 0.436 e. The van der Waals surface area contributed by atoms with Crippen molar-refractivity contribution < 1.29 is 4.74 Å². The Hall–Kier alpha value is -1.34. The van der Waals surface area contributed by atoms with Crippen LogP contribution in [0.3, 0.4) is 0 Å². The smallest absolute Gasteiger partial charge is 0.268 e. The van der Waals surface area contributed by atoms with Crippen LogP contribution in [-0.4, -0.2) is 9.97 Å². The van der Waals surface area contributed by atoms with Gasteiger partial charge in [-0.1, -0.05) is 6.07 Å². The van der Waals surface area contributed by atoms with Crippen molar-refractivity contribution in [2.45, 2.75) is 0 Å². The van der Waals surface area contributed by atoms with Crippen LogP contribution >= 0.6 is 31.9 Å². The van der Waals surface area contributed by atoms with Gasteiger partial charge in [0.15, 0.2) is 0 Å². The number of nitrogen functional groups attached to an aromatic ring is 1. The van der Waals surface area contributed by atoms with E-state index >= 15 is 0 Å². The Morgan fingerprint density at radius 2 is 2.06 bits per heavy atom. The molecule has 0 aliphatic rings. The van der Waals surface area contributed by atoms with Gasteiger partial charge >= 0.3 is 0 Å². The second-order valence-electron chi connectivity index (χ2n) is 3.11. The molecule has 0 spiro atoms. The molecule has 1 heterocycles. The van der Waals surface area contributed by atoms with E-state index in [1.54, 1.807) is 18.2 Å². The molecule has 2 rings (SSSR count). The van der Waals surface area contributed by atoms with E-state index < -0.39 is 0 Å². The van der Waals surface area contributed by atoms with E-state index in [0.717, 1.165) is 0 Å². The van der Waals surface area contributed by atoms with E-state index in [-0.39, 0.29) is 15.9 Å². The molecule has 0 aliphatic carbocycles. The Morgan fingerprint density at radius 1 is 1.29 bits per heavy atom. The summed E-state index contributed by atoms with van der Waals surface area (Å²) < 4.78 is 6.35. The van der Waals surface area contributed by atoms with Crippen LogP contribution in [0.25, 0.3) is 0 Å². The van der Waals surface area contributed by atoms with Gasteiger partial charge in [-0.3, -0.25) is 4.79 Å². The van der Waals surface area contributed by atoms with Gasteiger partial charge in [-0.2, -0.15) is 0 Å². The molecule has 0 radical (unpaired) electrons. The number of aromatic amines is 1. The predicted molar refractivity (Wildman–Crippen MR) is 71.2 cm³/mol. The number of ether oxygens (including phenoxy) is 1. The Kier molecular flexibility index (Phi) is 3.49. The van der Waals surface area contributed by atoms with Gasteiger partial charge in [0, 0.05) is 5.69 Å². The molecule has 0 saturated heterocycles. The van der Waals surface area contributed by atoms with Crippen molar-refractivity contribution in [3.05, 3.63) is 43.8 Å². The summed E-state index contributed by atoms with van der Waals surface area (Å²) in [6.45, 7) is 0. The minimum absolute atomic E-state index is 0.181. The van der Waals surface area contributed by atoms with E-state index in [1.165, 1.54) is 6.33 Å². The van der Waals surface area contributed by atoms with Crippen LogP contribution in [0.15, 0.2) is 38.3 Å². The zero-order chi connectivity index (χ0) is 12.4. The molecule has 7 heteroatoms. The predicted octanol–water partition coefficient (Wildman–Crippen LogP) is 2.67. The SMILES string of the molecule is Nc1cccc(Oc2nc[nH]c(=O)c2Br)c1Br. The minimum Gasteiger partial charge on any atom is -0.436 e. The zero-order valence-corrected chi connectivity index (χ0v) is 11.6. The number of benzene rings is 1. The summed E-state index contributed by atoms with van der Waals surface area (Å²) >= 11 is 6.40. The van der Waals surface area contributed by atoms with Gasteiger partial charge in [-0.25, -0.2) is 4.98 Å². The van der Waals surface area contributed by atoms with Gasteiger partial charge < -0.3 is 15.5 Å². The molecule has 88 valence electrons. The maximum absolute atomic E-state index is 11.3. The Morgan fingerprint density at radius 3 is 2.82 bits per heavy atom. The van der Waals surface area contributed by atoms with E-state index in [2.05, 4.69) is 41.8 Å². The van der Waals surface area contributed by atoms with Crippen LogP contribution in [0.4, 0.5) is 5.69 Å². The molecule has 0 aliphatic heterocycles. The van der Waals surface area contributed by atoms with E-state index in [9.17, 15) is 4.79 Å². The molecule has 1 aromatic heterocycles. The number of aromatic nitrogens is 2. The number of H-pyrrole nitrogens is 1. The van der Waals surface area contributed by atoms with Gasteiger partial charge in [0.1, 0.15) is 10.2 Å². The van der Waals surface area contributed by atoms with Gasteiger partial charge in [-0.15, -0.1) is 0 Å². The first-order chi connectivity index (χ1) is 8.09. The van der Waals surface area contributed by atoms with Crippen molar-refractivity contribution in [1.82, 2.24) is 9.97 Å². The molecule has 0 bridgehead atoms. The number of anilines is 1. The standard InChI is InChI=1S/C10H7Br2N3O2/c11-7-5(13)2-1-3-6(7)17-10-8(12)9(16)14-4-15-10/h1-4H,13H2,(H,14,15,16). The summed E-state index contributed by atoms with van der Waals surface area (Å²) in [6.07, 6.45) is 1.27. The molecule has 2 aromatic rings. The van der Waals surface area contributed by atoms with Crippen molar-refractivity contribution in [3.63, 3.8) is 0 Å². The number of nitrogens with one attached hydrogen (secondary N) is 1. The number of nitrogens with two attached hydrogens (primary N) is 1. The number of hydrogen-bond donors (Lipinski definition) is 2. The zero-order valence-electron chi connectivity index (χ0n) is 8.41. The maximum Gasteiger partial charge on any atom is 0.268 e.